The summed E-state index contributed by atoms with van der Waals surface area (Å²) in [6.45, 7) is 3.50. The summed E-state index contributed by atoms with van der Waals surface area (Å²) in [7, 11) is 0. The smallest absolute Gasteiger partial charge is 0.249 e. The van der Waals surface area contributed by atoms with Crippen LogP contribution >= 0.6 is 0 Å². The van der Waals surface area contributed by atoms with Crippen LogP contribution in [0.25, 0.3) is 0 Å². The molecule has 11 heteroatoms. The van der Waals surface area contributed by atoms with Gasteiger partial charge in [-0.05, 0) is 70.6 Å². The van der Waals surface area contributed by atoms with E-state index < -0.39 is 74.2 Å². The Balaban J connectivity index is 2.19. The lowest BCUT2D eigenvalue weighted by Crippen LogP contribution is -2.60. The maximum Gasteiger partial charge on any atom is 0.249 e. The van der Waals surface area contributed by atoms with E-state index in [9.17, 15) is 40.5 Å². The van der Waals surface area contributed by atoms with E-state index in [1.54, 1.807) is 0 Å². The number of nitrogens with one attached hydrogen (secondary N) is 1. The predicted octanol–water partition coefficient (Wildman–Crippen LogP) is 18.5. The molecule has 1 heterocycles. The molecule has 9 unspecified atom stereocenters. The van der Waals surface area contributed by atoms with Crippen LogP contribution in [0.2, 0.25) is 0 Å². The molecule has 86 heavy (non-hydrogen) atoms. The average molecular weight is 1220 g/mol. The highest BCUT2D eigenvalue weighted by molar-refractivity contribution is 5.80. The fraction of sp³-hybridized carbons (Fsp3) is 0.907. The zero-order valence-electron chi connectivity index (χ0n) is 56.3. The minimum absolute atomic E-state index is 0.255. The molecule has 0 aromatic carbocycles. The van der Waals surface area contributed by atoms with Gasteiger partial charge in [-0.2, -0.15) is 0 Å². The van der Waals surface area contributed by atoms with Crippen LogP contribution in [0.1, 0.15) is 367 Å². The number of rotatable bonds is 66. The zero-order valence-corrected chi connectivity index (χ0v) is 56.3. The molecule has 508 valence electrons. The normalized spacial score (nSPS) is 18.9. The summed E-state index contributed by atoms with van der Waals surface area (Å²) >= 11 is 0. The largest absolute Gasteiger partial charge is 0.394 e. The Kier molecular flexibility index (Phi) is 60.8. The first-order valence-corrected chi connectivity index (χ1v) is 37.4. The van der Waals surface area contributed by atoms with Crippen LogP contribution in [-0.2, 0) is 14.3 Å². The molecule has 1 amide bonds. The molecular weight excluding hydrogens is 1070 g/mol. The Morgan fingerprint density at radius 1 is 0.407 bits per heavy atom. The first-order valence-electron chi connectivity index (χ1n) is 37.4. The maximum atomic E-state index is 13.3. The van der Waals surface area contributed by atoms with E-state index in [1.165, 1.54) is 283 Å². The fourth-order valence-corrected chi connectivity index (χ4v) is 12.2. The van der Waals surface area contributed by atoms with Crippen molar-refractivity contribution in [3.05, 3.63) is 36.5 Å². The van der Waals surface area contributed by atoms with E-state index in [2.05, 4.69) is 55.6 Å². The predicted molar refractivity (Wildman–Crippen MR) is 362 cm³/mol. The van der Waals surface area contributed by atoms with Gasteiger partial charge in [0, 0.05) is 0 Å². The van der Waals surface area contributed by atoms with Crippen molar-refractivity contribution in [2.75, 3.05) is 13.2 Å². The second-order valence-electron chi connectivity index (χ2n) is 26.4. The molecule has 1 fully saturated rings. The summed E-state index contributed by atoms with van der Waals surface area (Å²) in [5, 5.41) is 76.6. The number of unbranched alkanes of at least 4 members (excludes halogenated alkanes) is 48. The van der Waals surface area contributed by atoms with Crippen molar-refractivity contribution in [3.8, 4) is 0 Å². The topological polar surface area (TPSA) is 189 Å². The Labute approximate surface area is 530 Å². The summed E-state index contributed by atoms with van der Waals surface area (Å²) in [5.41, 5.74) is 0. The minimum atomic E-state index is -1.67. The highest BCUT2D eigenvalue weighted by Crippen LogP contribution is 2.24. The van der Waals surface area contributed by atoms with Gasteiger partial charge in [-0.1, -0.05) is 333 Å². The average Bonchev–Trinajstić information content (AvgIpc) is 3.00. The van der Waals surface area contributed by atoms with Crippen molar-refractivity contribution in [2.24, 2.45) is 0 Å². The molecule has 0 saturated carbocycles. The first kappa shape index (κ1) is 82.3. The maximum absolute atomic E-state index is 13.3. The van der Waals surface area contributed by atoms with Gasteiger partial charge in [0.05, 0.1) is 25.4 Å². The lowest BCUT2D eigenvalue weighted by molar-refractivity contribution is -0.303. The molecule has 0 spiro atoms. The zero-order chi connectivity index (χ0) is 62.4. The third kappa shape index (κ3) is 50.0. The number of aliphatic hydroxyl groups is 7. The number of hydrogen-bond acceptors (Lipinski definition) is 10. The van der Waals surface area contributed by atoms with Crippen molar-refractivity contribution in [3.63, 3.8) is 0 Å². The Bertz CT molecular complexity index is 1490. The van der Waals surface area contributed by atoms with Crippen LogP contribution in [0, 0.1) is 0 Å². The van der Waals surface area contributed by atoms with E-state index in [-0.39, 0.29) is 12.8 Å². The van der Waals surface area contributed by atoms with Crippen LogP contribution < -0.4 is 5.32 Å². The molecule has 1 saturated heterocycles. The quantitative estimate of drug-likeness (QED) is 0.0215. The molecule has 8 N–H and O–H groups in total. The van der Waals surface area contributed by atoms with Crippen molar-refractivity contribution in [1.82, 2.24) is 5.32 Å². The molecule has 0 radical (unpaired) electrons. The van der Waals surface area contributed by atoms with E-state index in [0.29, 0.717) is 12.8 Å². The van der Waals surface area contributed by atoms with Gasteiger partial charge in [0.2, 0.25) is 5.91 Å². The lowest BCUT2D eigenvalue weighted by atomic mass is 9.98. The van der Waals surface area contributed by atoms with Crippen molar-refractivity contribution in [1.29, 1.82) is 0 Å². The highest BCUT2D eigenvalue weighted by Gasteiger charge is 2.44. The lowest BCUT2D eigenvalue weighted by Gasteiger charge is -2.40. The number of amides is 1. The Morgan fingerprint density at radius 3 is 1.07 bits per heavy atom. The van der Waals surface area contributed by atoms with Gasteiger partial charge < -0.3 is 50.5 Å². The van der Waals surface area contributed by atoms with Crippen LogP contribution in [0.5, 0.6) is 0 Å². The fourth-order valence-electron chi connectivity index (χ4n) is 12.2. The van der Waals surface area contributed by atoms with Gasteiger partial charge in [-0.15, -0.1) is 0 Å². The SMILES string of the molecule is CCCCCCCCCCC/C=C\C/C=C\CCCCCCCCCCCCCCCCC(O)C(=O)NC(COC1OC(CO)C(O)C(O)C1O)C(O)C(O)CCC/C=C/CCCCCCCCCCCCCCCCCCCCCCCCCC. The number of carbonyl (C=O) groups is 1. The van der Waals surface area contributed by atoms with Gasteiger partial charge in [-0.3, -0.25) is 4.79 Å². The van der Waals surface area contributed by atoms with E-state index >= 15 is 0 Å². The van der Waals surface area contributed by atoms with Crippen LogP contribution in [0.3, 0.4) is 0 Å². The number of allylic oxidation sites excluding steroid dienone is 6. The minimum Gasteiger partial charge on any atom is -0.394 e. The molecule has 11 nitrogen and oxygen atoms in total. The third-order valence-electron chi connectivity index (χ3n) is 18.2. The van der Waals surface area contributed by atoms with E-state index in [0.717, 1.165) is 44.9 Å². The van der Waals surface area contributed by atoms with Gasteiger partial charge in [0.25, 0.3) is 0 Å². The molecular formula is C75H143NO10. The molecule has 1 aliphatic rings. The summed E-state index contributed by atoms with van der Waals surface area (Å²) < 4.78 is 11.2. The molecule has 0 aromatic heterocycles. The van der Waals surface area contributed by atoms with Gasteiger partial charge in [0.15, 0.2) is 6.29 Å². The van der Waals surface area contributed by atoms with Gasteiger partial charge in [0.1, 0.15) is 36.6 Å². The second-order valence-corrected chi connectivity index (χ2v) is 26.4. The molecule has 1 aliphatic heterocycles. The van der Waals surface area contributed by atoms with Gasteiger partial charge in [-0.25, -0.2) is 0 Å². The highest BCUT2D eigenvalue weighted by atomic mass is 16.7. The standard InChI is InChI=1S/C75H143NO10/c1-3-5-7-9-11-13-15-17-19-21-23-25-27-29-31-33-35-37-39-41-43-45-47-49-51-53-55-57-59-61-63-68(79)74(84)76-66(65-85-75-73(83)72(82)71(81)69(64-77)86-75)70(80)67(78)62-60-58-56-54-52-50-48-46-44-42-40-38-36-34-32-30-28-26-24-22-20-18-16-14-12-10-8-6-4-2/h23,25,29,31,54,56,66-73,75,77-83H,3-22,24,26-28,30,32-53,55,57-65H2,1-2H3,(H,76,84)/b25-23-,31-29-,56-54+. The van der Waals surface area contributed by atoms with Crippen molar-refractivity contribution >= 4 is 5.91 Å². The van der Waals surface area contributed by atoms with Crippen LogP contribution in [0.4, 0.5) is 0 Å². The van der Waals surface area contributed by atoms with Crippen LogP contribution in [-0.4, -0.2) is 110 Å². The molecule has 1 rings (SSSR count). The monoisotopic (exact) mass is 1220 g/mol. The molecule has 0 bridgehead atoms. The van der Waals surface area contributed by atoms with Gasteiger partial charge >= 0.3 is 0 Å². The number of aliphatic hydroxyl groups excluding tert-OH is 7. The number of ether oxygens (including phenoxy) is 2. The second kappa shape index (κ2) is 63.5. The number of carbonyl (C=O) groups excluding carboxylic acids is 1. The summed E-state index contributed by atoms with van der Waals surface area (Å²) in [4.78, 5) is 13.3. The molecule has 9 atom stereocenters. The summed E-state index contributed by atoms with van der Waals surface area (Å²) in [6.07, 6.45) is 71.0. The Hall–Kier alpha value is -1.67. The van der Waals surface area contributed by atoms with Crippen LogP contribution in [0.15, 0.2) is 36.5 Å². The Morgan fingerprint density at radius 2 is 0.721 bits per heavy atom. The summed E-state index contributed by atoms with van der Waals surface area (Å²) in [5.74, 6) is -0.701. The van der Waals surface area contributed by atoms with Crippen molar-refractivity contribution < 1.29 is 50.0 Å². The molecule has 0 aliphatic carbocycles. The van der Waals surface area contributed by atoms with E-state index in [1.807, 2.05) is 0 Å². The van der Waals surface area contributed by atoms with Crippen molar-refractivity contribution in [2.45, 2.75) is 422 Å². The molecule has 0 aromatic rings. The summed E-state index contributed by atoms with van der Waals surface area (Å²) in [6, 6.07) is -1.19. The number of hydrogen-bond donors (Lipinski definition) is 8. The van der Waals surface area contributed by atoms with E-state index in [4.69, 9.17) is 9.47 Å². The first-order chi connectivity index (χ1) is 42.2. The third-order valence-corrected chi connectivity index (χ3v) is 18.2.